The number of hydrogen-bond donors (Lipinski definition) is 1. The molecule has 4 nitrogen and oxygen atoms in total. The molecule has 1 aliphatic carbocycles. The lowest BCUT2D eigenvalue weighted by atomic mass is 10.0. The highest BCUT2D eigenvalue weighted by atomic mass is 35.5. The van der Waals surface area contributed by atoms with Crippen LogP contribution in [0.1, 0.15) is 12.8 Å². The molecule has 120 valence electrons. The summed E-state index contributed by atoms with van der Waals surface area (Å²) in [6, 6.07) is 8.39. The number of benzene rings is 1. The number of aromatic nitrogens is 2. The first kappa shape index (κ1) is 14.8. The number of anilines is 1. The number of nitrogens with two attached hydrogens (primary N) is 1. The molecule has 1 saturated carbocycles. The molecule has 0 unspecified atom stereocenters. The largest absolute Gasteiger partial charge is 0.355 e. The third kappa shape index (κ3) is 2.79. The third-order valence-electron chi connectivity index (χ3n) is 4.97. The summed E-state index contributed by atoms with van der Waals surface area (Å²) in [4.78, 5) is 2.27. The fourth-order valence-electron chi connectivity index (χ4n) is 3.87. The zero-order chi connectivity index (χ0) is 16.0. The fourth-order valence-corrected chi connectivity index (χ4v) is 4.08. The maximum absolute atomic E-state index is 13.4. The van der Waals surface area contributed by atoms with Crippen LogP contribution in [0.15, 0.2) is 30.3 Å². The maximum atomic E-state index is 13.4. The van der Waals surface area contributed by atoms with Gasteiger partial charge in [-0.15, -0.1) is 10.2 Å². The van der Waals surface area contributed by atoms with E-state index in [1.165, 1.54) is 18.2 Å². The van der Waals surface area contributed by atoms with Crippen molar-refractivity contribution >= 4 is 17.4 Å². The summed E-state index contributed by atoms with van der Waals surface area (Å²) < 4.78 is 13.4. The summed E-state index contributed by atoms with van der Waals surface area (Å²) in [7, 11) is 0. The molecule has 1 aromatic heterocycles. The van der Waals surface area contributed by atoms with E-state index >= 15 is 0 Å². The Morgan fingerprint density at radius 2 is 1.83 bits per heavy atom. The van der Waals surface area contributed by atoms with E-state index in [2.05, 4.69) is 15.1 Å². The number of nitrogens with zero attached hydrogens (tertiary/aromatic N) is 3. The molecule has 1 aliphatic heterocycles. The number of fused-ring (bicyclic) bond motifs is 1. The summed E-state index contributed by atoms with van der Waals surface area (Å²) >= 11 is 6.12. The molecule has 2 N–H and O–H groups in total. The molecule has 2 heterocycles. The van der Waals surface area contributed by atoms with Crippen molar-refractivity contribution in [3.05, 3.63) is 41.2 Å². The highest BCUT2D eigenvalue weighted by Gasteiger charge is 2.40. The predicted octanol–water partition coefficient (Wildman–Crippen LogP) is 3.11. The van der Waals surface area contributed by atoms with E-state index < -0.39 is 0 Å². The Hall–Kier alpha value is -1.72. The molecule has 2 aromatic rings. The second-order valence-corrected chi connectivity index (χ2v) is 6.96. The van der Waals surface area contributed by atoms with Crippen molar-refractivity contribution in [3.8, 4) is 11.3 Å². The summed E-state index contributed by atoms with van der Waals surface area (Å²) in [5.41, 5.74) is 7.18. The van der Waals surface area contributed by atoms with Crippen LogP contribution >= 0.6 is 11.6 Å². The molecule has 2 aliphatic rings. The Balaban J connectivity index is 1.54. The van der Waals surface area contributed by atoms with Gasteiger partial charge in [0.05, 0.1) is 10.7 Å². The van der Waals surface area contributed by atoms with Crippen LogP contribution in [0, 0.1) is 17.7 Å². The SMILES string of the molecule is NC1C[C@@H]2CN(c3ccc(-c4cc(F)ccc4Cl)nn3)C[C@H]2C1. The smallest absolute Gasteiger partial charge is 0.151 e. The van der Waals surface area contributed by atoms with Gasteiger partial charge in [-0.3, -0.25) is 0 Å². The van der Waals surface area contributed by atoms with Gasteiger partial charge in [-0.2, -0.15) is 0 Å². The lowest BCUT2D eigenvalue weighted by Crippen LogP contribution is -2.25. The Bertz CT molecular complexity index is 707. The average Bonchev–Trinajstić information content (AvgIpc) is 3.07. The van der Waals surface area contributed by atoms with E-state index in [1.54, 1.807) is 0 Å². The Kier molecular flexibility index (Phi) is 3.70. The lowest BCUT2D eigenvalue weighted by Gasteiger charge is -2.18. The monoisotopic (exact) mass is 332 g/mol. The molecule has 2 fully saturated rings. The average molecular weight is 333 g/mol. The molecule has 0 spiro atoms. The molecule has 23 heavy (non-hydrogen) atoms. The van der Waals surface area contributed by atoms with Crippen LogP contribution in [0.3, 0.4) is 0 Å². The number of hydrogen-bond acceptors (Lipinski definition) is 4. The fraction of sp³-hybridized carbons (Fsp3) is 0.412. The summed E-state index contributed by atoms with van der Waals surface area (Å²) in [5.74, 6) is 1.87. The van der Waals surface area contributed by atoms with Crippen molar-refractivity contribution in [2.75, 3.05) is 18.0 Å². The summed E-state index contributed by atoms with van der Waals surface area (Å²) in [6.07, 6.45) is 2.21. The van der Waals surface area contributed by atoms with Gasteiger partial charge in [-0.1, -0.05) is 11.6 Å². The van der Waals surface area contributed by atoms with E-state index in [4.69, 9.17) is 17.3 Å². The minimum absolute atomic E-state index is 0.334. The zero-order valence-electron chi connectivity index (χ0n) is 12.6. The van der Waals surface area contributed by atoms with E-state index in [-0.39, 0.29) is 5.82 Å². The molecular formula is C17H18ClFN4. The first-order valence-corrected chi connectivity index (χ1v) is 8.27. The molecule has 6 heteroatoms. The van der Waals surface area contributed by atoms with Gasteiger partial charge < -0.3 is 10.6 Å². The highest BCUT2D eigenvalue weighted by Crippen LogP contribution is 2.38. The normalized spacial score (nSPS) is 24.2. The quantitative estimate of drug-likeness (QED) is 0.918. The van der Waals surface area contributed by atoms with Crippen LogP contribution in [0.2, 0.25) is 5.02 Å². The van der Waals surface area contributed by atoms with Crippen LogP contribution in [-0.4, -0.2) is 29.3 Å². The van der Waals surface area contributed by atoms with E-state index in [0.29, 0.717) is 34.2 Å². The van der Waals surface area contributed by atoms with Gasteiger partial charge in [-0.05, 0) is 55.0 Å². The van der Waals surface area contributed by atoms with Crippen molar-refractivity contribution in [2.24, 2.45) is 17.6 Å². The second-order valence-electron chi connectivity index (χ2n) is 6.56. The predicted molar refractivity (Wildman–Crippen MR) is 88.8 cm³/mol. The van der Waals surface area contributed by atoms with Crippen molar-refractivity contribution in [1.29, 1.82) is 0 Å². The molecule has 0 bridgehead atoms. The molecule has 0 radical (unpaired) electrons. The zero-order valence-corrected chi connectivity index (χ0v) is 13.4. The molecule has 0 amide bonds. The third-order valence-corrected chi connectivity index (χ3v) is 5.30. The topological polar surface area (TPSA) is 55.0 Å². The first-order chi connectivity index (χ1) is 11.1. The van der Waals surface area contributed by atoms with Crippen LogP contribution in [0.5, 0.6) is 0 Å². The Morgan fingerprint density at radius 1 is 1.09 bits per heavy atom. The van der Waals surface area contributed by atoms with E-state index in [1.807, 2.05) is 12.1 Å². The van der Waals surface area contributed by atoms with Crippen molar-refractivity contribution < 1.29 is 4.39 Å². The summed E-state index contributed by atoms with van der Waals surface area (Å²) in [5, 5.41) is 9.03. The van der Waals surface area contributed by atoms with Gasteiger partial charge in [0, 0.05) is 24.7 Å². The van der Waals surface area contributed by atoms with Gasteiger partial charge in [0.25, 0.3) is 0 Å². The van der Waals surface area contributed by atoms with Crippen LogP contribution in [-0.2, 0) is 0 Å². The molecule has 1 aromatic carbocycles. The second kappa shape index (κ2) is 5.73. The molecular weight excluding hydrogens is 315 g/mol. The maximum Gasteiger partial charge on any atom is 0.151 e. The van der Waals surface area contributed by atoms with Crippen LogP contribution in [0.4, 0.5) is 10.2 Å². The van der Waals surface area contributed by atoms with E-state index in [0.717, 1.165) is 31.7 Å². The van der Waals surface area contributed by atoms with Crippen molar-refractivity contribution in [1.82, 2.24) is 10.2 Å². The number of rotatable bonds is 2. The summed E-state index contributed by atoms with van der Waals surface area (Å²) in [6.45, 7) is 1.99. The molecule has 1 saturated heterocycles. The van der Waals surface area contributed by atoms with Crippen molar-refractivity contribution in [2.45, 2.75) is 18.9 Å². The lowest BCUT2D eigenvalue weighted by molar-refractivity contribution is 0.494. The molecule has 2 atom stereocenters. The minimum Gasteiger partial charge on any atom is -0.355 e. The van der Waals surface area contributed by atoms with Crippen LogP contribution < -0.4 is 10.6 Å². The van der Waals surface area contributed by atoms with Gasteiger partial charge in [0.15, 0.2) is 5.82 Å². The van der Waals surface area contributed by atoms with Gasteiger partial charge in [0.1, 0.15) is 5.82 Å². The van der Waals surface area contributed by atoms with Crippen molar-refractivity contribution in [3.63, 3.8) is 0 Å². The first-order valence-electron chi connectivity index (χ1n) is 7.90. The van der Waals surface area contributed by atoms with Gasteiger partial charge in [-0.25, -0.2) is 4.39 Å². The van der Waals surface area contributed by atoms with E-state index in [9.17, 15) is 4.39 Å². The standard InChI is InChI=1S/C17H18ClFN4/c18-15-2-1-12(19)7-14(15)16-3-4-17(22-21-16)23-8-10-5-13(20)6-11(10)9-23/h1-4,7,10-11,13H,5-6,8-9,20H2/t10-,11-/m1/s1. The Morgan fingerprint density at radius 3 is 2.48 bits per heavy atom. The highest BCUT2D eigenvalue weighted by molar-refractivity contribution is 6.33. The van der Waals surface area contributed by atoms with Gasteiger partial charge in [0.2, 0.25) is 0 Å². The Labute approximate surface area is 139 Å². The van der Waals surface area contributed by atoms with Gasteiger partial charge >= 0.3 is 0 Å². The minimum atomic E-state index is -0.334. The molecule has 4 rings (SSSR count). The number of halogens is 2. The van der Waals surface area contributed by atoms with Crippen LogP contribution in [0.25, 0.3) is 11.3 Å².